The lowest BCUT2D eigenvalue weighted by Gasteiger charge is -2.24. The number of rotatable bonds is 8. The van der Waals surface area contributed by atoms with Crippen LogP contribution in [0.2, 0.25) is 0 Å². The number of carbonyl (C=O) groups excluding carboxylic acids is 2. The van der Waals surface area contributed by atoms with Gasteiger partial charge in [0.05, 0.1) is 24.8 Å². The first-order valence-electron chi connectivity index (χ1n) is 10.3. The molecule has 0 unspecified atom stereocenters. The van der Waals surface area contributed by atoms with Crippen molar-refractivity contribution in [2.45, 2.75) is 43.4 Å². The number of hydrogen-bond acceptors (Lipinski definition) is 7. The number of nitrogens with zero attached hydrogens (tertiary/aromatic N) is 1. The van der Waals surface area contributed by atoms with Crippen LogP contribution in [-0.2, 0) is 20.8 Å². The van der Waals surface area contributed by atoms with Crippen LogP contribution >= 0.6 is 0 Å². The van der Waals surface area contributed by atoms with E-state index in [9.17, 15) is 19.8 Å². The molecule has 2 heterocycles. The van der Waals surface area contributed by atoms with Gasteiger partial charge in [-0.1, -0.05) is 48.5 Å². The number of fused-ring (bicyclic) bond motifs is 1. The van der Waals surface area contributed by atoms with Crippen molar-refractivity contribution >= 4 is 12.1 Å². The molecule has 2 aromatic rings. The van der Waals surface area contributed by atoms with Crippen molar-refractivity contribution in [3.63, 3.8) is 0 Å². The quantitative estimate of drug-likeness (QED) is 0.618. The SMILES string of the molecule is O=C(O[C@H]1[C@H](O)[C@@H](COCc2ccccc2)N2C(=O)O[C@H](CCO)[C@H]12)c1ccccc1. The maximum Gasteiger partial charge on any atom is 0.411 e. The summed E-state index contributed by atoms with van der Waals surface area (Å²) in [4.78, 5) is 26.6. The van der Waals surface area contributed by atoms with E-state index in [0.29, 0.717) is 12.2 Å². The minimum atomic E-state index is -1.15. The van der Waals surface area contributed by atoms with E-state index in [1.165, 1.54) is 4.90 Å². The molecule has 4 rings (SSSR count). The summed E-state index contributed by atoms with van der Waals surface area (Å²) in [5.41, 5.74) is 1.30. The van der Waals surface area contributed by atoms with Gasteiger partial charge in [-0.2, -0.15) is 0 Å². The Labute approximate surface area is 180 Å². The average molecular weight is 427 g/mol. The van der Waals surface area contributed by atoms with E-state index in [2.05, 4.69) is 0 Å². The summed E-state index contributed by atoms with van der Waals surface area (Å²) in [6.07, 6.45) is -3.28. The van der Waals surface area contributed by atoms with Crippen molar-refractivity contribution in [2.24, 2.45) is 0 Å². The van der Waals surface area contributed by atoms with Gasteiger partial charge in [-0.15, -0.1) is 0 Å². The monoisotopic (exact) mass is 427 g/mol. The number of cyclic esters (lactones) is 1. The summed E-state index contributed by atoms with van der Waals surface area (Å²) in [5.74, 6) is -0.599. The fourth-order valence-corrected chi connectivity index (χ4v) is 4.19. The van der Waals surface area contributed by atoms with Crippen LogP contribution < -0.4 is 0 Å². The molecule has 5 atom stereocenters. The Balaban J connectivity index is 1.51. The minimum absolute atomic E-state index is 0.0485. The standard InChI is InChI=1S/C23H25NO7/c25-12-11-18-19-21(31-22(27)16-9-5-2-6-10-16)20(26)17(24(19)23(28)30-18)14-29-13-15-7-3-1-4-8-15/h1-10,17-21,25-26H,11-14H2/t17-,18-,19-,20-,21-/m1/s1. The predicted molar refractivity (Wildman–Crippen MR) is 109 cm³/mol. The highest BCUT2D eigenvalue weighted by Gasteiger charge is 2.60. The Bertz CT molecular complexity index is 891. The van der Waals surface area contributed by atoms with E-state index in [0.717, 1.165) is 5.56 Å². The molecule has 2 aliphatic rings. The second kappa shape index (κ2) is 9.47. The molecule has 164 valence electrons. The molecule has 0 radical (unpaired) electrons. The van der Waals surface area contributed by atoms with Crippen molar-refractivity contribution in [3.8, 4) is 0 Å². The van der Waals surface area contributed by atoms with Crippen LogP contribution in [0.15, 0.2) is 60.7 Å². The van der Waals surface area contributed by atoms with Crippen molar-refractivity contribution in [2.75, 3.05) is 13.2 Å². The summed E-state index contributed by atoms with van der Waals surface area (Å²) < 4.78 is 16.8. The molecule has 2 fully saturated rings. The highest BCUT2D eigenvalue weighted by atomic mass is 16.6. The number of aliphatic hydroxyl groups excluding tert-OH is 2. The van der Waals surface area contributed by atoms with Crippen LogP contribution in [0.1, 0.15) is 22.3 Å². The van der Waals surface area contributed by atoms with Crippen LogP contribution in [0.5, 0.6) is 0 Å². The van der Waals surface area contributed by atoms with Crippen LogP contribution in [0, 0.1) is 0 Å². The van der Waals surface area contributed by atoms with Gasteiger partial charge in [-0.25, -0.2) is 9.59 Å². The van der Waals surface area contributed by atoms with Crippen LogP contribution in [0.3, 0.4) is 0 Å². The Kier molecular flexibility index (Phi) is 6.50. The van der Waals surface area contributed by atoms with E-state index in [1.54, 1.807) is 30.3 Å². The molecule has 8 heteroatoms. The van der Waals surface area contributed by atoms with Crippen LogP contribution in [-0.4, -0.2) is 70.8 Å². The maximum atomic E-state index is 12.6. The summed E-state index contributed by atoms with van der Waals surface area (Å²) >= 11 is 0. The third kappa shape index (κ3) is 4.41. The van der Waals surface area contributed by atoms with Gasteiger partial charge in [0.25, 0.3) is 0 Å². The number of aliphatic hydroxyl groups is 2. The van der Waals surface area contributed by atoms with E-state index < -0.39 is 42.5 Å². The molecule has 8 nitrogen and oxygen atoms in total. The lowest BCUT2D eigenvalue weighted by Crippen LogP contribution is -2.43. The Morgan fingerprint density at radius 3 is 2.42 bits per heavy atom. The van der Waals surface area contributed by atoms with Gasteiger partial charge in [0, 0.05) is 13.0 Å². The van der Waals surface area contributed by atoms with E-state index in [1.807, 2.05) is 30.3 Å². The fraction of sp³-hybridized carbons (Fsp3) is 0.391. The largest absolute Gasteiger partial charge is 0.454 e. The maximum absolute atomic E-state index is 12.6. The zero-order valence-corrected chi connectivity index (χ0v) is 16.9. The predicted octanol–water partition coefficient (Wildman–Crippen LogP) is 1.74. The second-order valence-corrected chi connectivity index (χ2v) is 7.63. The highest BCUT2D eigenvalue weighted by molar-refractivity contribution is 5.89. The molecule has 2 saturated heterocycles. The third-order valence-electron chi connectivity index (χ3n) is 5.66. The van der Waals surface area contributed by atoms with Gasteiger partial charge >= 0.3 is 12.1 Å². The van der Waals surface area contributed by atoms with Crippen molar-refractivity contribution in [1.82, 2.24) is 4.90 Å². The first kappa shape index (κ1) is 21.3. The van der Waals surface area contributed by atoms with Crippen molar-refractivity contribution in [1.29, 1.82) is 0 Å². The summed E-state index contributed by atoms with van der Waals surface area (Å²) in [6, 6.07) is 16.5. The minimum Gasteiger partial charge on any atom is -0.454 e. The molecule has 1 amide bonds. The van der Waals surface area contributed by atoms with Gasteiger partial charge in [-0.05, 0) is 17.7 Å². The number of carbonyl (C=O) groups is 2. The number of amides is 1. The molecule has 2 aliphatic heterocycles. The number of hydrogen-bond donors (Lipinski definition) is 2. The molecule has 31 heavy (non-hydrogen) atoms. The van der Waals surface area contributed by atoms with Gasteiger partial charge in [0.15, 0.2) is 6.10 Å². The highest BCUT2D eigenvalue weighted by Crippen LogP contribution is 2.38. The number of ether oxygens (including phenoxy) is 3. The van der Waals surface area contributed by atoms with Crippen molar-refractivity contribution < 1.29 is 34.0 Å². The first-order valence-corrected chi connectivity index (χ1v) is 10.3. The molecule has 0 spiro atoms. The zero-order valence-electron chi connectivity index (χ0n) is 16.9. The molecule has 0 saturated carbocycles. The van der Waals surface area contributed by atoms with Gasteiger partial charge in [0.2, 0.25) is 0 Å². The molecule has 0 aromatic heterocycles. The van der Waals surface area contributed by atoms with E-state index >= 15 is 0 Å². The van der Waals surface area contributed by atoms with Gasteiger partial charge in [0.1, 0.15) is 18.2 Å². The number of benzene rings is 2. The topological polar surface area (TPSA) is 106 Å². The van der Waals surface area contributed by atoms with Crippen LogP contribution in [0.4, 0.5) is 4.79 Å². The number of esters is 1. The molecule has 2 aromatic carbocycles. The zero-order chi connectivity index (χ0) is 21.8. The second-order valence-electron chi connectivity index (χ2n) is 7.63. The normalized spacial score (nSPS) is 27.1. The van der Waals surface area contributed by atoms with Gasteiger partial charge in [-0.3, -0.25) is 4.90 Å². The smallest absolute Gasteiger partial charge is 0.411 e. The molecule has 0 aliphatic carbocycles. The average Bonchev–Trinajstić information content (AvgIpc) is 3.25. The Morgan fingerprint density at radius 1 is 1.06 bits per heavy atom. The summed E-state index contributed by atoms with van der Waals surface area (Å²) in [6.45, 7) is 0.159. The van der Waals surface area contributed by atoms with E-state index in [4.69, 9.17) is 14.2 Å². The molecule has 2 N–H and O–H groups in total. The lowest BCUT2D eigenvalue weighted by atomic mass is 10.0. The first-order chi connectivity index (χ1) is 15.1. The van der Waals surface area contributed by atoms with Crippen molar-refractivity contribution in [3.05, 3.63) is 71.8 Å². The fourth-order valence-electron chi connectivity index (χ4n) is 4.19. The molecule has 0 bridgehead atoms. The summed E-state index contributed by atoms with van der Waals surface area (Å²) in [7, 11) is 0. The summed E-state index contributed by atoms with van der Waals surface area (Å²) in [5, 5.41) is 20.4. The molecular formula is C23H25NO7. The Hall–Kier alpha value is -2.94. The molecular weight excluding hydrogens is 402 g/mol. The third-order valence-corrected chi connectivity index (χ3v) is 5.66. The lowest BCUT2D eigenvalue weighted by molar-refractivity contribution is -0.0355. The Morgan fingerprint density at radius 2 is 1.74 bits per heavy atom. The van der Waals surface area contributed by atoms with Crippen LogP contribution in [0.25, 0.3) is 0 Å². The van der Waals surface area contributed by atoms with E-state index in [-0.39, 0.29) is 19.6 Å². The van der Waals surface area contributed by atoms with Gasteiger partial charge < -0.3 is 24.4 Å².